The number of carbonyl (C=O) groups is 1. The molecule has 1 aliphatic carbocycles. The molecule has 0 radical (unpaired) electrons. The van der Waals surface area contributed by atoms with Crippen molar-refractivity contribution in [1.82, 2.24) is 0 Å². The smallest absolute Gasteiger partial charge is 0.305 e. The molecule has 0 aliphatic heterocycles. The van der Waals surface area contributed by atoms with E-state index in [4.69, 9.17) is 14.2 Å². The Morgan fingerprint density at radius 3 is 2.57 bits per heavy atom. The molecule has 4 heteroatoms. The predicted molar refractivity (Wildman–Crippen MR) is 80.3 cm³/mol. The van der Waals surface area contributed by atoms with Crippen LogP contribution in [0.5, 0.6) is 5.75 Å². The van der Waals surface area contributed by atoms with Crippen molar-refractivity contribution in [2.75, 3.05) is 13.9 Å². The van der Waals surface area contributed by atoms with Crippen LogP contribution >= 0.6 is 0 Å². The third-order valence-corrected chi connectivity index (χ3v) is 3.93. The molecule has 0 spiro atoms. The van der Waals surface area contributed by atoms with Gasteiger partial charge in [-0.3, -0.25) is 4.79 Å². The molecule has 1 aromatic carbocycles. The quantitative estimate of drug-likeness (QED) is 0.593. The normalized spacial score (nSPS) is 21.8. The zero-order valence-electron chi connectivity index (χ0n) is 12.8. The van der Waals surface area contributed by atoms with E-state index in [0.717, 1.165) is 25.0 Å². The summed E-state index contributed by atoms with van der Waals surface area (Å²) >= 11 is 0. The lowest BCUT2D eigenvalue weighted by molar-refractivity contribution is -0.151. The average molecular weight is 292 g/mol. The second-order valence-electron chi connectivity index (χ2n) is 5.39. The van der Waals surface area contributed by atoms with Gasteiger partial charge in [0.25, 0.3) is 0 Å². The predicted octanol–water partition coefficient (Wildman–Crippen LogP) is 3.65. The van der Waals surface area contributed by atoms with Gasteiger partial charge < -0.3 is 14.2 Å². The van der Waals surface area contributed by atoms with Crippen molar-refractivity contribution in [1.29, 1.82) is 0 Å². The highest BCUT2D eigenvalue weighted by atomic mass is 16.7. The molecular weight excluding hydrogens is 268 g/mol. The highest BCUT2D eigenvalue weighted by Gasteiger charge is 2.29. The Kier molecular flexibility index (Phi) is 6.05. The van der Waals surface area contributed by atoms with Gasteiger partial charge in [0.15, 0.2) is 6.79 Å². The summed E-state index contributed by atoms with van der Waals surface area (Å²) in [4.78, 5) is 11.6. The number of hydrogen-bond acceptors (Lipinski definition) is 4. The van der Waals surface area contributed by atoms with Gasteiger partial charge >= 0.3 is 5.97 Å². The maximum Gasteiger partial charge on any atom is 0.305 e. The molecule has 2 rings (SSSR count). The fraction of sp³-hybridized carbons (Fsp3) is 0.588. The SMILES string of the molecule is CCC(=O)OC1CCCCC1c1ccc(OCOC)cc1. The Bertz CT molecular complexity index is 441. The average Bonchev–Trinajstić information content (AvgIpc) is 2.54. The van der Waals surface area contributed by atoms with Crippen molar-refractivity contribution in [2.45, 2.75) is 51.0 Å². The fourth-order valence-corrected chi connectivity index (χ4v) is 2.81. The number of rotatable bonds is 6. The van der Waals surface area contributed by atoms with E-state index in [0.29, 0.717) is 12.3 Å². The third-order valence-electron chi connectivity index (χ3n) is 3.93. The van der Waals surface area contributed by atoms with E-state index in [1.165, 1.54) is 12.0 Å². The molecule has 1 aromatic rings. The number of hydrogen-bond donors (Lipinski definition) is 0. The van der Waals surface area contributed by atoms with Crippen LogP contribution in [0.15, 0.2) is 24.3 Å². The van der Waals surface area contributed by atoms with Gasteiger partial charge in [0.2, 0.25) is 0 Å². The minimum absolute atomic E-state index is 0.0111. The second kappa shape index (κ2) is 8.03. The van der Waals surface area contributed by atoms with E-state index in [1.807, 2.05) is 19.1 Å². The molecule has 1 saturated carbocycles. The lowest BCUT2D eigenvalue weighted by Crippen LogP contribution is -2.28. The highest BCUT2D eigenvalue weighted by molar-refractivity contribution is 5.69. The molecule has 0 saturated heterocycles. The second-order valence-corrected chi connectivity index (χ2v) is 5.39. The molecule has 2 unspecified atom stereocenters. The van der Waals surface area contributed by atoms with E-state index in [1.54, 1.807) is 7.11 Å². The summed E-state index contributed by atoms with van der Waals surface area (Å²) in [5.74, 6) is 0.983. The van der Waals surface area contributed by atoms with Crippen LogP contribution in [0.3, 0.4) is 0 Å². The van der Waals surface area contributed by atoms with Gasteiger partial charge in [0, 0.05) is 19.4 Å². The molecule has 0 bridgehead atoms. The van der Waals surface area contributed by atoms with E-state index >= 15 is 0 Å². The maximum atomic E-state index is 11.6. The monoisotopic (exact) mass is 292 g/mol. The maximum absolute atomic E-state index is 11.6. The molecule has 116 valence electrons. The van der Waals surface area contributed by atoms with Gasteiger partial charge in [-0.15, -0.1) is 0 Å². The Balaban J connectivity index is 2.04. The van der Waals surface area contributed by atoms with Crippen LogP contribution in [0.1, 0.15) is 50.5 Å². The fourth-order valence-electron chi connectivity index (χ4n) is 2.81. The van der Waals surface area contributed by atoms with Crippen LogP contribution in [0.2, 0.25) is 0 Å². The van der Waals surface area contributed by atoms with E-state index in [2.05, 4.69) is 12.1 Å². The number of carbonyl (C=O) groups excluding carboxylic acids is 1. The molecule has 4 nitrogen and oxygen atoms in total. The molecular formula is C17H24O4. The standard InChI is InChI=1S/C17H24O4/c1-3-17(18)21-16-7-5-4-6-15(16)13-8-10-14(11-9-13)20-12-19-2/h8-11,15-16H,3-7,12H2,1-2H3. The van der Waals surface area contributed by atoms with E-state index in [-0.39, 0.29) is 18.9 Å². The van der Waals surface area contributed by atoms with E-state index in [9.17, 15) is 4.79 Å². The van der Waals surface area contributed by atoms with Crippen LogP contribution in [-0.4, -0.2) is 26.0 Å². The van der Waals surface area contributed by atoms with Crippen LogP contribution < -0.4 is 4.74 Å². The molecule has 0 N–H and O–H groups in total. The Labute approximate surface area is 126 Å². The van der Waals surface area contributed by atoms with Gasteiger partial charge in [0.05, 0.1) is 0 Å². The summed E-state index contributed by atoms with van der Waals surface area (Å²) in [5, 5.41) is 0. The van der Waals surface area contributed by atoms with Gasteiger partial charge in [-0.05, 0) is 37.0 Å². The first-order valence-corrected chi connectivity index (χ1v) is 7.65. The van der Waals surface area contributed by atoms with Crippen molar-refractivity contribution in [2.24, 2.45) is 0 Å². The number of esters is 1. The highest BCUT2D eigenvalue weighted by Crippen LogP contribution is 2.35. The summed E-state index contributed by atoms with van der Waals surface area (Å²) in [6.45, 7) is 2.08. The number of methoxy groups -OCH3 is 1. The Morgan fingerprint density at radius 1 is 1.19 bits per heavy atom. The molecule has 0 aromatic heterocycles. The molecule has 1 aliphatic rings. The lowest BCUT2D eigenvalue weighted by atomic mass is 9.81. The number of ether oxygens (including phenoxy) is 3. The molecule has 0 heterocycles. The van der Waals surface area contributed by atoms with Gasteiger partial charge in [-0.2, -0.15) is 0 Å². The molecule has 0 amide bonds. The van der Waals surface area contributed by atoms with Crippen molar-refractivity contribution in [3.63, 3.8) is 0 Å². The zero-order valence-corrected chi connectivity index (χ0v) is 12.8. The summed E-state index contributed by atoms with van der Waals surface area (Å²) in [5.41, 5.74) is 1.22. The summed E-state index contributed by atoms with van der Waals surface area (Å²) in [6, 6.07) is 8.02. The first-order chi connectivity index (χ1) is 10.2. The first-order valence-electron chi connectivity index (χ1n) is 7.65. The van der Waals surface area contributed by atoms with Crippen LogP contribution in [0, 0.1) is 0 Å². The zero-order chi connectivity index (χ0) is 15.1. The topological polar surface area (TPSA) is 44.8 Å². The first kappa shape index (κ1) is 15.8. The van der Waals surface area contributed by atoms with Crippen molar-refractivity contribution < 1.29 is 19.0 Å². The molecule has 21 heavy (non-hydrogen) atoms. The minimum atomic E-state index is -0.105. The third kappa shape index (κ3) is 4.46. The Hall–Kier alpha value is -1.55. The van der Waals surface area contributed by atoms with Crippen LogP contribution in [0.25, 0.3) is 0 Å². The molecule has 1 fully saturated rings. The van der Waals surface area contributed by atoms with Crippen molar-refractivity contribution in [3.8, 4) is 5.75 Å². The Morgan fingerprint density at radius 2 is 1.90 bits per heavy atom. The summed E-state index contributed by atoms with van der Waals surface area (Å²) in [6.07, 6.45) is 4.79. The lowest BCUT2D eigenvalue weighted by Gasteiger charge is -2.31. The van der Waals surface area contributed by atoms with Crippen LogP contribution in [-0.2, 0) is 14.3 Å². The van der Waals surface area contributed by atoms with Crippen LogP contribution in [0.4, 0.5) is 0 Å². The molecule has 2 atom stereocenters. The van der Waals surface area contributed by atoms with Crippen molar-refractivity contribution >= 4 is 5.97 Å². The number of benzene rings is 1. The summed E-state index contributed by atoms with van der Waals surface area (Å²) in [7, 11) is 1.60. The minimum Gasteiger partial charge on any atom is -0.468 e. The summed E-state index contributed by atoms with van der Waals surface area (Å²) < 4.78 is 15.9. The van der Waals surface area contributed by atoms with E-state index < -0.39 is 0 Å². The van der Waals surface area contributed by atoms with Gasteiger partial charge in [-0.25, -0.2) is 0 Å². The van der Waals surface area contributed by atoms with Gasteiger partial charge in [-0.1, -0.05) is 25.5 Å². The largest absolute Gasteiger partial charge is 0.468 e. The van der Waals surface area contributed by atoms with Gasteiger partial charge in [0.1, 0.15) is 11.9 Å². The van der Waals surface area contributed by atoms with Crippen molar-refractivity contribution in [3.05, 3.63) is 29.8 Å².